The van der Waals surface area contributed by atoms with Gasteiger partial charge in [-0.1, -0.05) is 11.6 Å². The minimum atomic E-state index is 0.392. The fourth-order valence-corrected chi connectivity index (χ4v) is 0.524. The quantitative estimate of drug-likeness (QED) is 0.443. The van der Waals surface area contributed by atoms with Gasteiger partial charge < -0.3 is 0 Å². The zero-order valence-electron chi connectivity index (χ0n) is 3.87. The Morgan fingerprint density at radius 1 is 1.62 bits per heavy atom. The van der Waals surface area contributed by atoms with Crippen LogP contribution in [0.15, 0.2) is 17.4 Å². The van der Waals surface area contributed by atoms with Crippen LogP contribution >= 0.6 is 24.2 Å². The molecule has 0 bridgehead atoms. The van der Waals surface area contributed by atoms with Gasteiger partial charge in [-0.15, -0.1) is 12.6 Å². The van der Waals surface area contributed by atoms with Crippen molar-refractivity contribution in [1.82, 2.24) is 9.97 Å². The highest BCUT2D eigenvalue weighted by molar-refractivity contribution is 7.80. The third-order valence-electron chi connectivity index (χ3n) is 0.646. The molecular formula is C4H3ClN2S. The van der Waals surface area contributed by atoms with Crippen molar-refractivity contribution in [1.29, 1.82) is 0 Å². The molecule has 1 aromatic rings. The molecule has 0 aliphatic rings. The minimum Gasteiger partial charge on any atom is -0.244 e. The molecule has 2 nitrogen and oxygen atoms in total. The largest absolute Gasteiger partial charge is 0.244 e. The van der Waals surface area contributed by atoms with Crippen LogP contribution in [0.25, 0.3) is 0 Å². The van der Waals surface area contributed by atoms with Gasteiger partial charge in [0.1, 0.15) is 11.5 Å². The molecule has 8 heavy (non-hydrogen) atoms. The van der Waals surface area contributed by atoms with E-state index in [4.69, 9.17) is 11.6 Å². The Kier molecular flexibility index (Phi) is 1.70. The van der Waals surface area contributed by atoms with E-state index in [1.54, 1.807) is 6.20 Å². The second-order valence-electron chi connectivity index (χ2n) is 1.20. The predicted molar refractivity (Wildman–Crippen MR) is 34.3 cm³/mol. The van der Waals surface area contributed by atoms with Crippen molar-refractivity contribution < 1.29 is 0 Å². The normalized spacial score (nSPS) is 9.25. The number of nitrogens with zero attached hydrogens (tertiary/aromatic N) is 2. The highest BCUT2D eigenvalue weighted by Gasteiger charge is 1.90. The van der Waals surface area contributed by atoms with Crippen molar-refractivity contribution >= 4 is 24.2 Å². The first-order valence-corrected chi connectivity index (χ1v) is 2.77. The molecule has 0 saturated heterocycles. The molecule has 1 heterocycles. The van der Waals surface area contributed by atoms with Crippen LogP contribution in [-0.2, 0) is 0 Å². The number of hydrogen-bond acceptors (Lipinski definition) is 3. The molecule has 4 heteroatoms. The van der Waals surface area contributed by atoms with Crippen LogP contribution in [0.3, 0.4) is 0 Å². The van der Waals surface area contributed by atoms with E-state index in [9.17, 15) is 0 Å². The molecule has 0 radical (unpaired) electrons. The third-order valence-corrected chi connectivity index (χ3v) is 1.41. The van der Waals surface area contributed by atoms with Gasteiger partial charge in [0, 0.05) is 6.20 Å². The summed E-state index contributed by atoms with van der Waals surface area (Å²) in [5, 5.41) is 0.392. The van der Waals surface area contributed by atoms with Gasteiger partial charge in [0.15, 0.2) is 0 Å². The van der Waals surface area contributed by atoms with Gasteiger partial charge in [-0.05, 0) is 0 Å². The second-order valence-corrected chi connectivity index (χ2v) is 2.04. The lowest BCUT2D eigenvalue weighted by Gasteiger charge is -1.88. The summed E-state index contributed by atoms with van der Waals surface area (Å²) >= 11 is 9.42. The minimum absolute atomic E-state index is 0.392. The van der Waals surface area contributed by atoms with Crippen LogP contribution in [-0.4, -0.2) is 9.97 Å². The number of halogens is 1. The van der Waals surface area contributed by atoms with Crippen molar-refractivity contribution in [3.8, 4) is 0 Å². The average Bonchev–Trinajstić information content (AvgIpc) is 1.77. The van der Waals surface area contributed by atoms with Gasteiger partial charge in [0.05, 0.1) is 4.90 Å². The first-order valence-electron chi connectivity index (χ1n) is 1.95. The van der Waals surface area contributed by atoms with E-state index in [1.807, 2.05) is 0 Å². The highest BCUT2D eigenvalue weighted by Crippen LogP contribution is 2.12. The Hall–Kier alpha value is -0.280. The molecule has 0 amide bonds. The number of thiol groups is 1. The van der Waals surface area contributed by atoms with Gasteiger partial charge in [0.2, 0.25) is 0 Å². The Morgan fingerprint density at radius 3 is 2.75 bits per heavy atom. The summed E-state index contributed by atoms with van der Waals surface area (Å²) in [4.78, 5) is 7.94. The van der Waals surface area contributed by atoms with Gasteiger partial charge in [-0.25, -0.2) is 9.97 Å². The smallest absolute Gasteiger partial charge is 0.145 e. The fourth-order valence-electron chi connectivity index (χ4n) is 0.307. The zero-order valence-corrected chi connectivity index (χ0v) is 5.52. The summed E-state index contributed by atoms with van der Waals surface area (Å²) in [5.74, 6) is 0. The zero-order chi connectivity index (χ0) is 5.98. The van der Waals surface area contributed by atoms with Crippen LogP contribution in [0.2, 0.25) is 5.15 Å². The van der Waals surface area contributed by atoms with E-state index in [1.165, 1.54) is 6.33 Å². The van der Waals surface area contributed by atoms with Crippen LogP contribution in [0.5, 0.6) is 0 Å². The molecule has 0 aromatic carbocycles. The van der Waals surface area contributed by atoms with Gasteiger partial charge in [-0.3, -0.25) is 0 Å². The Labute approximate surface area is 57.3 Å². The number of aromatic nitrogens is 2. The molecule has 42 valence electrons. The average molecular weight is 147 g/mol. The molecule has 1 aromatic heterocycles. The molecule has 0 unspecified atom stereocenters. The van der Waals surface area contributed by atoms with E-state index in [0.29, 0.717) is 10.0 Å². The lowest BCUT2D eigenvalue weighted by atomic mass is 10.7. The van der Waals surface area contributed by atoms with Gasteiger partial charge in [0.25, 0.3) is 0 Å². The number of hydrogen-bond donors (Lipinski definition) is 1. The van der Waals surface area contributed by atoms with E-state index in [2.05, 4.69) is 22.6 Å². The second kappa shape index (κ2) is 2.33. The van der Waals surface area contributed by atoms with Crippen molar-refractivity contribution in [3.05, 3.63) is 17.7 Å². The first kappa shape index (κ1) is 5.85. The van der Waals surface area contributed by atoms with E-state index in [0.717, 1.165) is 0 Å². The monoisotopic (exact) mass is 146 g/mol. The van der Waals surface area contributed by atoms with Crippen LogP contribution in [0.4, 0.5) is 0 Å². The van der Waals surface area contributed by atoms with Crippen LogP contribution in [0, 0.1) is 0 Å². The highest BCUT2D eigenvalue weighted by atomic mass is 35.5. The SMILES string of the molecule is Sc1cncnc1Cl. The summed E-state index contributed by atoms with van der Waals surface area (Å²) in [7, 11) is 0. The maximum absolute atomic E-state index is 5.48. The fraction of sp³-hybridized carbons (Fsp3) is 0. The summed E-state index contributed by atoms with van der Waals surface area (Å²) in [6.45, 7) is 0. The lowest BCUT2D eigenvalue weighted by Crippen LogP contribution is -1.77. The summed E-state index contributed by atoms with van der Waals surface area (Å²) in [6.07, 6.45) is 2.92. The van der Waals surface area contributed by atoms with Crippen molar-refractivity contribution in [2.45, 2.75) is 4.90 Å². The van der Waals surface area contributed by atoms with Gasteiger partial charge >= 0.3 is 0 Å². The third kappa shape index (κ3) is 1.11. The number of rotatable bonds is 0. The van der Waals surface area contributed by atoms with E-state index >= 15 is 0 Å². The molecule has 1 rings (SSSR count). The molecule has 0 saturated carbocycles. The Bertz CT molecular complexity index is 170. The van der Waals surface area contributed by atoms with Gasteiger partial charge in [-0.2, -0.15) is 0 Å². The van der Waals surface area contributed by atoms with Crippen LogP contribution < -0.4 is 0 Å². The van der Waals surface area contributed by atoms with Crippen molar-refractivity contribution in [2.24, 2.45) is 0 Å². The van der Waals surface area contributed by atoms with Crippen molar-refractivity contribution in [3.63, 3.8) is 0 Å². The Balaban J connectivity index is 3.13. The van der Waals surface area contributed by atoms with E-state index < -0.39 is 0 Å². The molecule has 0 fully saturated rings. The topological polar surface area (TPSA) is 25.8 Å². The van der Waals surface area contributed by atoms with E-state index in [-0.39, 0.29) is 0 Å². The summed E-state index contributed by atoms with van der Waals surface area (Å²) in [6, 6.07) is 0. The van der Waals surface area contributed by atoms with Crippen molar-refractivity contribution in [2.75, 3.05) is 0 Å². The molecule has 0 aliphatic heterocycles. The summed E-state index contributed by atoms with van der Waals surface area (Å²) < 4.78 is 0. The maximum Gasteiger partial charge on any atom is 0.145 e. The van der Waals surface area contributed by atoms with Crippen LogP contribution in [0.1, 0.15) is 0 Å². The predicted octanol–water partition coefficient (Wildman–Crippen LogP) is 1.42. The maximum atomic E-state index is 5.48. The summed E-state index contributed by atoms with van der Waals surface area (Å²) in [5.41, 5.74) is 0. The lowest BCUT2D eigenvalue weighted by molar-refractivity contribution is 1.10. The molecular weight excluding hydrogens is 144 g/mol. The molecule has 0 spiro atoms. The first-order chi connectivity index (χ1) is 3.80. The molecule has 0 atom stereocenters. The standard InChI is InChI=1S/C4H3ClN2S/c5-4-3(8)1-6-2-7-4/h1-2,8H. The molecule has 0 aliphatic carbocycles. The molecule has 0 N–H and O–H groups in total. The Morgan fingerprint density at radius 2 is 2.38 bits per heavy atom.